The average molecular weight is 277 g/mol. The third-order valence-corrected chi connectivity index (χ3v) is 6.21. The van der Waals surface area contributed by atoms with Gasteiger partial charge in [0.05, 0.1) is 0 Å². The highest BCUT2D eigenvalue weighted by Gasteiger charge is 2.41. The zero-order valence-electron chi connectivity index (χ0n) is 11.9. The fourth-order valence-electron chi connectivity index (χ4n) is 4.53. The molecule has 0 aliphatic heterocycles. The third-order valence-electron chi connectivity index (χ3n) is 5.48. The zero-order valence-corrected chi connectivity index (χ0v) is 12.8. The molecule has 2 aliphatic rings. The predicted molar refractivity (Wildman–Crippen MR) is 83.5 cm³/mol. The standard InChI is InChI=1S/C17H27NS/c18-17(12-14-9-11-19-13-14)10-5-4-8-16(17)15-6-2-1-3-7-15/h9,11,13,15-16H,1-8,10,12,18H2. The van der Waals surface area contributed by atoms with Crippen molar-refractivity contribution < 1.29 is 0 Å². The minimum Gasteiger partial charge on any atom is -0.325 e. The van der Waals surface area contributed by atoms with Crippen LogP contribution in [0.3, 0.4) is 0 Å². The number of thiophene rings is 1. The molecule has 2 unspecified atom stereocenters. The Bertz CT molecular complexity index is 380. The first kappa shape index (κ1) is 13.6. The Hall–Kier alpha value is -0.340. The monoisotopic (exact) mass is 277 g/mol. The van der Waals surface area contributed by atoms with Crippen LogP contribution >= 0.6 is 11.3 Å². The summed E-state index contributed by atoms with van der Waals surface area (Å²) < 4.78 is 0. The van der Waals surface area contributed by atoms with Gasteiger partial charge in [-0.3, -0.25) is 0 Å². The van der Waals surface area contributed by atoms with Crippen LogP contribution in [0.4, 0.5) is 0 Å². The zero-order chi connectivity index (χ0) is 13.1. The van der Waals surface area contributed by atoms with Crippen LogP contribution in [-0.2, 0) is 6.42 Å². The molecule has 2 N–H and O–H groups in total. The molecule has 0 radical (unpaired) electrons. The maximum Gasteiger partial charge on any atom is 0.0226 e. The second-order valence-electron chi connectivity index (χ2n) is 6.79. The van der Waals surface area contributed by atoms with E-state index in [0.29, 0.717) is 0 Å². The maximum absolute atomic E-state index is 6.93. The molecular formula is C17H27NS. The predicted octanol–water partition coefficient (Wildman–Crippen LogP) is 4.76. The highest BCUT2D eigenvalue weighted by atomic mass is 32.1. The summed E-state index contributed by atoms with van der Waals surface area (Å²) in [4.78, 5) is 0. The van der Waals surface area contributed by atoms with Crippen molar-refractivity contribution in [2.75, 3.05) is 0 Å². The lowest BCUT2D eigenvalue weighted by atomic mass is 9.62. The minimum absolute atomic E-state index is 0.0847. The quantitative estimate of drug-likeness (QED) is 0.847. The fraction of sp³-hybridized carbons (Fsp3) is 0.765. The topological polar surface area (TPSA) is 26.0 Å². The second-order valence-corrected chi connectivity index (χ2v) is 7.57. The number of hydrogen-bond donors (Lipinski definition) is 1. The van der Waals surface area contributed by atoms with Crippen LogP contribution in [-0.4, -0.2) is 5.54 Å². The molecule has 106 valence electrons. The van der Waals surface area contributed by atoms with Crippen LogP contribution in [0.25, 0.3) is 0 Å². The smallest absolute Gasteiger partial charge is 0.0226 e. The summed E-state index contributed by atoms with van der Waals surface area (Å²) in [6.45, 7) is 0. The van der Waals surface area contributed by atoms with Crippen molar-refractivity contribution in [3.05, 3.63) is 22.4 Å². The first-order valence-corrected chi connectivity index (χ1v) is 9.02. The van der Waals surface area contributed by atoms with Crippen molar-refractivity contribution >= 4 is 11.3 Å². The van der Waals surface area contributed by atoms with Gasteiger partial charge < -0.3 is 5.73 Å². The molecule has 0 amide bonds. The van der Waals surface area contributed by atoms with E-state index in [-0.39, 0.29) is 5.54 Å². The van der Waals surface area contributed by atoms with Gasteiger partial charge in [-0.1, -0.05) is 44.9 Å². The van der Waals surface area contributed by atoms with Gasteiger partial charge in [0.15, 0.2) is 0 Å². The van der Waals surface area contributed by atoms with E-state index in [1.165, 1.54) is 63.4 Å². The van der Waals surface area contributed by atoms with E-state index in [1.807, 2.05) is 11.3 Å². The molecule has 1 aromatic rings. The molecule has 2 atom stereocenters. The number of rotatable bonds is 3. The summed E-state index contributed by atoms with van der Waals surface area (Å²) in [5, 5.41) is 4.48. The van der Waals surface area contributed by atoms with Crippen LogP contribution in [0.1, 0.15) is 63.4 Å². The molecule has 2 fully saturated rings. The van der Waals surface area contributed by atoms with E-state index in [9.17, 15) is 0 Å². The normalized spacial score (nSPS) is 33.4. The Morgan fingerprint density at radius 2 is 1.89 bits per heavy atom. The van der Waals surface area contributed by atoms with Gasteiger partial charge in [0.2, 0.25) is 0 Å². The van der Waals surface area contributed by atoms with Crippen LogP contribution in [0, 0.1) is 11.8 Å². The summed E-state index contributed by atoms with van der Waals surface area (Å²) in [6.07, 6.45) is 13.7. The molecule has 2 heteroatoms. The van der Waals surface area contributed by atoms with Crippen molar-refractivity contribution in [3.63, 3.8) is 0 Å². The van der Waals surface area contributed by atoms with Gasteiger partial charge in [-0.15, -0.1) is 0 Å². The second kappa shape index (κ2) is 5.97. The van der Waals surface area contributed by atoms with E-state index in [4.69, 9.17) is 5.73 Å². The third kappa shape index (κ3) is 3.05. The molecule has 3 rings (SSSR count). The molecule has 1 nitrogen and oxygen atoms in total. The molecule has 1 aromatic heterocycles. The largest absolute Gasteiger partial charge is 0.325 e. The Morgan fingerprint density at radius 1 is 1.11 bits per heavy atom. The SMILES string of the molecule is NC1(Cc2ccsc2)CCCCC1C1CCCCC1. The summed E-state index contributed by atoms with van der Waals surface area (Å²) in [5.41, 5.74) is 8.48. The minimum atomic E-state index is 0.0847. The molecule has 2 aliphatic carbocycles. The van der Waals surface area contributed by atoms with Crippen LogP contribution in [0.5, 0.6) is 0 Å². The van der Waals surface area contributed by atoms with Crippen LogP contribution in [0.2, 0.25) is 0 Å². The summed E-state index contributed by atoms with van der Waals surface area (Å²) in [7, 11) is 0. The van der Waals surface area contributed by atoms with E-state index < -0.39 is 0 Å². The van der Waals surface area contributed by atoms with E-state index >= 15 is 0 Å². The van der Waals surface area contributed by atoms with Crippen molar-refractivity contribution in [2.24, 2.45) is 17.6 Å². The lowest BCUT2D eigenvalue weighted by molar-refractivity contribution is 0.0996. The summed E-state index contributed by atoms with van der Waals surface area (Å²) in [6, 6.07) is 2.27. The van der Waals surface area contributed by atoms with Crippen molar-refractivity contribution in [1.82, 2.24) is 0 Å². The highest BCUT2D eigenvalue weighted by Crippen LogP contribution is 2.44. The van der Waals surface area contributed by atoms with Gasteiger partial charge in [-0.2, -0.15) is 11.3 Å². The highest BCUT2D eigenvalue weighted by molar-refractivity contribution is 7.07. The van der Waals surface area contributed by atoms with Gasteiger partial charge in [0.1, 0.15) is 0 Å². The van der Waals surface area contributed by atoms with Crippen LogP contribution < -0.4 is 5.73 Å². The van der Waals surface area contributed by atoms with Gasteiger partial charge >= 0.3 is 0 Å². The van der Waals surface area contributed by atoms with Gasteiger partial charge in [-0.05, 0) is 53.5 Å². The van der Waals surface area contributed by atoms with Crippen molar-refractivity contribution in [3.8, 4) is 0 Å². The molecule has 0 aromatic carbocycles. The van der Waals surface area contributed by atoms with E-state index in [1.54, 1.807) is 0 Å². The number of nitrogens with two attached hydrogens (primary N) is 1. The Labute approximate surface area is 121 Å². The van der Waals surface area contributed by atoms with Gasteiger partial charge in [0, 0.05) is 5.54 Å². The lowest BCUT2D eigenvalue weighted by Crippen LogP contribution is -2.53. The van der Waals surface area contributed by atoms with Gasteiger partial charge in [0.25, 0.3) is 0 Å². The molecule has 19 heavy (non-hydrogen) atoms. The number of hydrogen-bond acceptors (Lipinski definition) is 2. The first-order valence-electron chi connectivity index (χ1n) is 8.08. The molecular weight excluding hydrogens is 250 g/mol. The van der Waals surface area contributed by atoms with E-state index in [0.717, 1.165) is 18.3 Å². The van der Waals surface area contributed by atoms with E-state index in [2.05, 4.69) is 16.8 Å². The molecule has 0 bridgehead atoms. The summed E-state index contributed by atoms with van der Waals surface area (Å²) in [5.74, 6) is 1.69. The van der Waals surface area contributed by atoms with Gasteiger partial charge in [-0.25, -0.2) is 0 Å². The Balaban J connectivity index is 1.75. The molecule has 0 spiro atoms. The Kier molecular flexibility index (Phi) is 4.28. The molecule has 0 saturated heterocycles. The lowest BCUT2D eigenvalue weighted by Gasteiger charge is -2.46. The van der Waals surface area contributed by atoms with Crippen molar-refractivity contribution in [2.45, 2.75) is 69.7 Å². The average Bonchev–Trinajstić information content (AvgIpc) is 2.92. The fourth-order valence-corrected chi connectivity index (χ4v) is 5.19. The molecule has 1 heterocycles. The summed E-state index contributed by atoms with van der Waals surface area (Å²) >= 11 is 1.81. The maximum atomic E-state index is 6.93. The molecule has 2 saturated carbocycles. The van der Waals surface area contributed by atoms with Crippen molar-refractivity contribution in [1.29, 1.82) is 0 Å². The van der Waals surface area contributed by atoms with Crippen LogP contribution in [0.15, 0.2) is 16.8 Å². The Morgan fingerprint density at radius 3 is 2.63 bits per heavy atom. The first-order chi connectivity index (χ1) is 9.28.